The Hall–Kier alpha value is -4.81. The molecule has 2 atom stereocenters. The summed E-state index contributed by atoms with van der Waals surface area (Å²) in [5.74, 6) is -3.69. The monoisotopic (exact) mass is 590 g/mol. The molecule has 0 fully saturated rings. The van der Waals surface area contributed by atoms with Gasteiger partial charge in [0.25, 0.3) is 0 Å². The van der Waals surface area contributed by atoms with E-state index in [9.17, 15) is 24.0 Å². The molecule has 0 heterocycles. The second-order valence-electron chi connectivity index (χ2n) is 8.83. The molecule has 0 spiro atoms. The van der Waals surface area contributed by atoms with Crippen molar-refractivity contribution in [3.63, 3.8) is 0 Å². The molecule has 0 saturated heterocycles. The molecular formula is C29H34O13. The molecule has 0 aromatic heterocycles. The average molecular weight is 591 g/mol. The lowest BCUT2D eigenvalue weighted by Crippen LogP contribution is -2.23. The molecule has 0 N–H and O–H groups in total. The molecule has 0 aliphatic rings. The maximum Gasteiger partial charge on any atom is 0.519 e. The maximum absolute atomic E-state index is 12.8. The molecule has 0 aliphatic heterocycles. The molecule has 0 saturated carbocycles. The summed E-state index contributed by atoms with van der Waals surface area (Å²) in [5.41, 5.74) is 1.08. The van der Waals surface area contributed by atoms with Crippen molar-refractivity contribution in [2.24, 2.45) is 11.8 Å². The lowest BCUT2D eigenvalue weighted by Gasteiger charge is -2.16. The van der Waals surface area contributed by atoms with Gasteiger partial charge in [-0.3, -0.25) is 19.2 Å². The molecule has 2 aromatic carbocycles. The number of carbonyl (C=O) groups is 5. The van der Waals surface area contributed by atoms with Crippen LogP contribution in [0.3, 0.4) is 0 Å². The Balaban J connectivity index is 2.27. The summed E-state index contributed by atoms with van der Waals surface area (Å²) >= 11 is 0. The van der Waals surface area contributed by atoms with Gasteiger partial charge in [0.1, 0.15) is 0 Å². The maximum atomic E-state index is 12.8. The normalized spacial score (nSPS) is 11.8. The number of carbonyl (C=O) groups excluding carboxylic acids is 5. The van der Waals surface area contributed by atoms with E-state index in [0.717, 1.165) is 0 Å². The van der Waals surface area contributed by atoms with Gasteiger partial charge in [0.15, 0.2) is 23.0 Å². The molecular weight excluding hydrogens is 556 g/mol. The van der Waals surface area contributed by atoms with Gasteiger partial charge in [0.05, 0.1) is 67.3 Å². The fraction of sp³-hybridized carbons (Fsp3) is 0.414. The topological polar surface area (TPSA) is 159 Å². The molecule has 0 aliphatic carbocycles. The summed E-state index contributed by atoms with van der Waals surface area (Å²) in [7, 11) is 7.60. The van der Waals surface area contributed by atoms with Crippen LogP contribution < -0.4 is 18.9 Å². The van der Waals surface area contributed by atoms with Crippen molar-refractivity contribution < 1.29 is 61.9 Å². The Bertz CT molecular complexity index is 1170. The molecule has 0 radical (unpaired) electrons. The van der Waals surface area contributed by atoms with E-state index in [0.29, 0.717) is 11.1 Å². The van der Waals surface area contributed by atoms with Gasteiger partial charge in [-0.15, -0.1) is 0 Å². The molecule has 228 valence electrons. The zero-order valence-corrected chi connectivity index (χ0v) is 24.3. The summed E-state index contributed by atoms with van der Waals surface area (Å²) in [5, 5.41) is 0. The fourth-order valence-corrected chi connectivity index (χ4v) is 4.01. The predicted octanol–water partition coefficient (Wildman–Crippen LogP) is 3.07. The van der Waals surface area contributed by atoms with Crippen LogP contribution in [-0.4, -0.2) is 72.7 Å². The molecule has 2 aromatic rings. The van der Waals surface area contributed by atoms with E-state index in [2.05, 4.69) is 9.47 Å². The summed E-state index contributed by atoms with van der Waals surface area (Å²) in [6, 6.07) is 9.27. The first-order chi connectivity index (χ1) is 20.1. The highest BCUT2D eigenvalue weighted by atomic mass is 16.7. The number of rotatable bonds is 14. The molecule has 42 heavy (non-hydrogen) atoms. The summed E-state index contributed by atoms with van der Waals surface area (Å²) in [6.45, 7) is 0. The first-order valence-electron chi connectivity index (χ1n) is 12.6. The Morgan fingerprint density at radius 2 is 0.929 bits per heavy atom. The molecule has 2 rings (SSSR count). The van der Waals surface area contributed by atoms with Crippen LogP contribution in [0.1, 0.15) is 24.0 Å². The van der Waals surface area contributed by atoms with E-state index in [1.165, 1.54) is 66.9 Å². The number of hydrogen-bond acceptors (Lipinski definition) is 13. The average Bonchev–Trinajstić information content (AvgIpc) is 2.99. The van der Waals surface area contributed by atoms with Crippen LogP contribution in [0.5, 0.6) is 23.0 Å². The van der Waals surface area contributed by atoms with E-state index in [4.69, 9.17) is 28.4 Å². The van der Waals surface area contributed by atoms with E-state index in [1.807, 2.05) is 0 Å². The molecule has 0 bridgehead atoms. The van der Waals surface area contributed by atoms with Crippen molar-refractivity contribution in [3.05, 3.63) is 47.5 Å². The second kappa shape index (κ2) is 16.5. The highest BCUT2D eigenvalue weighted by Gasteiger charge is 2.26. The van der Waals surface area contributed by atoms with Gasteiger partial charge in [-0.05, 0) is 48.2 Å². The molecule has 0 amide bonds. The van der Waals surface area contributed by atoms with E-state index in [-0.39, 0.29) is 48.7 Å². The van der Waals surface area contributed by atoms with Gasteiger partial charge < -0.3 is 37.9 Å². The second-order valence-corrected chi connectivity index (χ2v) is 8.83. The van der Waals surface area contributed by atoms with E-state index < -0.39 is 41.9 Å². The number of hydrogen-bond donors (Lipinski definition) is 0. The smallest absolute Gasteiger partial charge is 0.493 e. The largest absolute Gasteiger partial charge is 0.519 e. The Kier molecular flexibility index (Phi) is 13.1. The molecule has 2 unspecified atom stereocenters. The van der Waals surface area contributed by atoms with E-state index >= 15 is 0 Å². The molecule has 13 nitrogen and oxygen atoms in total. The third kappa shape index (κ3) is 9.68. The van der Waals surface area contributed by atoms with Gasteiger partial charge >= 0.3 is 30.0 Å². The summed E-state index contributed by atoms with van der Waals surface area (Å²) in [4.78, 5) is 60.8. The quantitative estimate of drug-likeness (QED) is 0.180. The van der Waals surface area contributed by atoms with Crippen molar-refractivity contribution in [1.82, 2.24) is 0 Å². The Morgan fingerprint density at radius 3 is 1.24 bits per heavy atom. The lowest BCUT2D eigenvalue weighted by atomic mass is 9.96. The first kappa shape index (κ1) is 33.4. The van der Waals surface area contributed by atoms with E-state index in [1.54, 1.807) is 12.1 Å². The van der Waals surface area contributed by atoms with Crippen molar-refractivity contribution in [2.45, 2.75) is 25.7 Å². The first-order valence-corrected chi connectivity index (χ1v) is 12.6. The van der Waals surface area contributed by atoms with Crippen LogP contribution in [0.25, 0.3) is 0 Å². The highest BCUT2D eigenvalue weighted by Crippen LogP contribution is 2.33. The fourth-order valence-electron chi connectivity index (χ4n) is 4.01. The lowest BCUT2D eigenvalue weighted by molar-refractivity contribution is -0.152. The number of benzene rings is 2. The minimum absolute atomic E-state index is 0.0133. The van der Waals surface area contributed by atoms with Crippen LogP contribution >= 0.6 is 0 Å². The molecule has 13 heteroatoms. The Labute approximate surface area is 242 Å². The van der Waals surface area contributed by atoms with Gasteiger partial charge in [0.2, 0.25) is 0 Å². The number of esters is 4. The minimum Gasteiger partial charge on any atom is -0.493 e. The van der Waals surface area contributed by atoms with Crippen LogP contribution in [0, 0.1) is 11.8 Å². The standard InChI is InChI=1S/C29H34O13/c1-35-21-9-7-17(11-19(27(32)39-5)15-25(30)37-3)13-23(21)41-29(34)42-24-14-18(8-10-22(24)36-2)12-20(28(33)40-6)16-26(31)38-4/h7-10,13-14,19-20H,11-12,15-16H2,1-6H3. The summed E-state index contributed by atoms with van der Waals surface area (Å²) in [6.07, 6.45) is -1.39. The third-order valence-corrected chi connectivity index (χ3v) is 6.16. The van der Waals surface area contributed by atoms with Crippen molar-refractivity contribution in [3.8, 4) is 23.0 Å². The van der Waals surface area contributed by atoms with Gasteiger partial charge in [-0.25, -0.2) is 4.79 Å². The highest BCUT2D eigenvalue weighted by molar-refractivity contribution is 5.81. The SMILES string of the molecule is COC(=O)CC(Cc1ccc(OC)c(OC(=O)Oc2cc(CC(CC(=O)OC)C(=O)OC)ccc2OC)c1)C(=O)OC. The van der Waals surface area contributed by atoms with Crippen LogP contribution in [0.2, 0.25) is 0 Å². The zero-order chi connectivity index (χ0) is 31.2. The van der Waals surface area contributed by atoms with Crippen molar-refractivity contribution in [2.75, 3.05) is 42.7 Å². The van der Waals surface area contributed by atoms with Crippen LogP contribution in [0.4, 0.5) is 4.79 Å². The number of methoxy groups -OCH3 is 6. The van der Waals surface area contributed by atoms with Gasteiger partial charge in [0, 0.05) is 0 Å². The predicted molar refractivity (Wildman–Crippen MR) is 144 cm³/mol. The van der Waals surface area contributed by atoms with Crippen molar-refractivity contribution in [1.29, 1.82) is 0 Å². The van der Waals surface area contributed by atoms with Gasteiger partial charge in [-0.2, -0.15) is 0 Å². The number of ether oxygens (including phenoxy) is 8. The van der Waals surface area contributed by atoms with Crippen molar-refractivity contribution >= 4 is 30.0 Å². The van der Waals surface area contributed by atoms with Gasteiger partial charge in [-0.1, -0.05) is 12.1 Å². The Morgan fingerprint density at radius 1 is 0.548 bits per heavy atom. The van der Waals surface area contributed by atoms with Crippen LogP contribution in [-0.2, 0) is 51.0 Å². The van der Waals surface area contributed by atoms with Crippen LogP contribution in [0.15, 0.2) is 36.4 Å². The summed E-state index contributed by atoms with van der Waals surface area (Å²) < 4.78 is 40.3. The zero-order valence-electron chi connectivity index (χ0n) is 24.3. The third-order valence-electron chi connectivity index (χ3n) is 6.16. The minimum atomic E-state index is -1.14.